The van der Waals surface area contributed by atoms with Crippen LogP contribution in [0.15, 0.2) is 24.3 Å². The summed E-state index contributed by atoms with van der Waals surface area (Å²) in [6.07, 6.45) is 0.971. The molecule has 0 radical (unpaired) electrons. The fraction of sp³-hybridized carbons (Fsp3) is 0.588. The molecule has 0 spiro atoms. The summed E-state index contributed by atoms with van der Waals surface area (Å²) in [7, 11) is 4.08. The van der Waals surface area contributed by atoms with Crippen molar-refractivity contribution < 1.29 is 4.79 Å². The van der Waals surface area contributed by atoms with Crippen molar-refractivity contribution in [1.29, 1.82) is 0 Å². The largest absolute Gasteiger partial charge is 0.352 e. The van der Waals surface area contributed by atoms with Crippen molar-refractivity contribution in [3.8, 4) is 0 Å². The summed E-state index contributed by atoms with van der Waals surface area (Å²) in [4.78, 5) is 16.5. The van der Waals surface area contributed by atoms with Crippen LogP contribution in [0.4, 0.5) is 0 Å². The maximum atomic E-state index is 12.0. The zero-order chi connectivity index (χ0) is 15.7. The Morgan fingerprint density at radius 2 is 1.71 bits per heavy atom. The van der Waals surface area contributed by atoms with Crippen molar-refractivity contribution in [2.24, 2.45) is 0 Å². The molecule has 0 fully saturated rings. The maximum absolute atomic E-state index is 12.0. The van der Waals surface area contributed by atoms with Gasteiger partial charge in [0.05, 0.1) is 0 Å². The lowest BCUT2D eigenvalue weighted by molar-refractivity contribution is 0.0952. The first-order valence-electron chi connectivity index (χ1n) is 7.81. The molecule has 0 aliphatic heterocycles. The Morgan fingerprint density at radius 3 is 2.24 bits per heavy atom. The van der Waals surface area contributed by atoms with Crippen LogP contribution in [0.2, 0.25) is 0 Å². The van der Waals surface area contributed by atoms with Crippen molar-refractivity contribution in [3.63, 3.8) is 0 Å². The highest BCUT2D eigenvalue weighted by atomic mass is 16.1. The lowest BCUT2D eigenvalue weighted by Gasteiger charge is -2.18. The van der Waals surface area contributed by atoms with E-state index in [4.69, 9.17) is 0 Å². The number of rotatable bonds is 9. The van der Waals surface area contributed by atoms with Crippen molar-refractivity contribution in [2.45, 2.75) is 26.8 Å². The molecule has 0 aromatic heterocycles. The van der Waals surface area contributed by atoms with Crippen molar-refractivity contribution in [1.82, 2.24) is 15.1 Å². The molecule has 1 aromatic carbocycles. The number of nitrogens with one attached hydrogen (secondary N) is 1. The molecular formula is C17H29N3O. The van der Waals surface area contributed by atoms with Crippen molar-refractivity contribution in [2.75, 3.05) is 40.3 Å². The Morgan fingerprint density at radius 1 is 1.10 bits per heavy atom. The molecule has 0 aliphatic rings. The van der Waals surface area contributed by atoms with Gasteiger partial charge >= 0.3 is 0 Å². The fourth-order valence-corrected chi connectivity index (χ4v) is 2.17. The van der Waals surface area contributed by atoms with Crippen LogP contribution in [0.1, 0.15) is 36.2 Å². The Hall–Kier alpha value is -1.39. The standard InChI is InChI=1S/C17H29N3O/c1-5-20(6-2)14-15-8-10-16(11-9-15)17(21)18-12-7-13-19(3)4/h8-11H,5-7,12-14H2,1-4H3,(H,18,21). The smallest absolute Gasteiger partial charge is 0.251 e. The molecule has 0 saturated heterocycles. The number of carbonyl (C=O) groups is 1. The van der Waals surface area contributed by atoms with E-state index in [1.165, 1.54) is 5.56 Å². The summed E-state index contributed by atoms with van der Waals surface area (Å²) in [5.41, 5.74) is 1.99. The van der Waals surface area contributed by atoms with Crippen molar-refractivity contribution in [3.05, 3.63) is 35.4 Å². The molecule has 0 atom stereocenters. The van der Waals surface area contributed by atoms with E-state index >= 15 is 0 Å². The van der Waals surface area contributed by atoms with Gasteiger partial charge in [0.25, 0.3) is 5.91 Å². The maximum Gasteiger partial charge on any atom is 0.251 e. The second-order valence-electron chi connectivity index (χ2n) is 5.57. The Balaban J connectivity index is 2.44. The van der Waals surface area contributed by atoms with Gasteiger partial charge in [0.2, 0.25) is 0 Å². The topological polar surface area (TPSA) is 35.6 Å². The van der Waals surface area contributed by atoms with Crippen LogP contribution in [-0.2, 0) is 6.54 Å². The molecule has 1 rings (SSSR count). The number of nitrogens with zero attached hydrogens (tertiary/aromatic N) is 2. The van der Waals surface area contributed by atoms with E-state index in [0.717, 1.165) is 44.7 Å². The van der Waals surface area contributed by atoms with Crippen LogP contribution >= 0.6 is 0 Å². The van der Waals surface area contributed by atoms with Gasteiger partial charge in [0.15, 0.2) is 0 Å². The highest BCUT2D eigenvalue weighted by Crippen LogP contribution is 2.07. The van der Waals surface area contributed by atoms with Crippen LogP contribution in [0.5, 0.6) is 0 Å². The van der Waals surface area contributed by atoms with Gasteiger partial charge in [-0.3, -0.25) is 9.69 Å². The van der Waals surface area contributed by atoms with E-state index < -0.39 is 0 Å². The van der Waals surface area contributed by atoms with Crippen LogP contribution in [0, 0.1) is 0 Å². The monoisotopic (exact) mass is 291 g/mol. The summed E-state index contributed by atoms with van der Waals surface area (Å²) >= 11 is 0. The third-order valence-electron chi connectivity index (χ3n) is 3.58. The average molecular weight is 291 g/mol. The second-order valence-corrected chi connectivity index (χ2v) is 5.57. The molecule has 0 heterocycles. The second kappa shape index (κ2) is 9.53. The van der Waals surface area contributed by atoms with Crippen LogP contribution in [-0.4, -0.2) is 56.0 Å². The number of amides is 1. The van der Waals surface area contributed by atoms with E-state index in [1.54, 1.807) is 0 Å². The minimum absolute atomic E-state index is 0.0168. The molecule has 118 valence electrons. The van der Waals surface area contributed by atoms with Gasteiger partial charge in [-0.15, -0.1) is 0 Å². The molecule has 0 saturated carbocycles. The Kier molecular flexibility index (Phi) is 8.01. The average Bonchev–Trinajstić information content (AvgIpc) is 2.49. The zero-order valence-corrected chi connectivity index (χ0v) is 13.9. The van der Waals surface area contributed by atoms with Gasteiger partial charge in [0, 0.05) is 18.7 Å². The zero-order valence-electron chi connectivity index (χ0n) is 13.9. The predicted molar refractivity (Wildman–Crippen MR) is 88.6 cm³/mol. The molecule has 4 nitrogen and oxygen atoms in total. The van der Waals surface area contributed by atoms with E-state index in [9.17, 15) is 4.79 Å². The first kappa shape index (κ1) is 17.7. The molecule has 1 aromatic rings. The third kappa shape index (κ3) is 6.74. The van der Waals surface area contributed by atoms with Gasteiger partial charge in [-0.1, -0.05) is 26.0 Å². The summed E-state index contributed by atoms with van der Waals surface area (Å²) in [5.74, 6) is 0.0168. The first-order valence-corrected chi connectivity index (χ1v) is 7.81. The molecule has 1 amide bonds. The summed E-state index contributed by atoms with van der Waals surface area (Å²) in [6, 6.07) is 7.93. The lowest BCUT2D eigenvalue weighted by Crippen LogP contribution is -2.27. The lowest BCUT2D eigenvalue weighted by atomic mass is 10.1. The van der Waals surface area contributed by atoms with Crippen LogP contribution in [0.3, 0.4) is 0 Å². The molecule has 4 heteroatoms. The molecule has 0 bridgehead atoms. The number of benzene rings is 1. The molecule has 21 heavy (non-hydrogen) atoms. The van der Waals surface area contributed by atoms with Gasteiger partial charge < -0.3 is 10.2 Å². The summed E-state index contributed by atoms with van der Waals surface area (Å²) < 4.78 is 0. The van der Waals surface area contributed by atoms with E-state index in [1.807, 2.05) is 38.4 Å². The molecule has 1 N–H and O–H groups in total. The SMILES string of the molecule is CCN(CC)Cc1ccc(C(=O)NCCCN(C)C)cc1. The van der Waals surface area contributed by atoms with Crippen molar-refractivity contribution >= 4 is 5.91 Å². The fourth-order valence-electron chi connectivity index (χ4n) is 2.17. The third-order valence-corrected chi connectivity index (χ3v) is 3.58. The van der Waals surface area contributed by atoms with E-state index in [0.29, 0.717) is 0 Å². The van der Waals surface area contributed by atoms with E-state index in [-0.39, 0.29) is 5.91 Å². The molecule has 0 aliphatic carbocycles. The highest BCUT2D eigenvalue weighted by molar-refractivity contribution is 5.94. The Bertz CT molecular complexity index is 411. The van der Waals surface area contributed by atoms with E-state index in [2.05, 4.69) is 29.0 Å². The van der Waals surface area contributed by atoms with Crippen LogP contribution in [0.25, 0.3) is 0 Å². The first-order chi connectivity index (χ1) is 10.1. The van der Waals surface area contributed by atoms with Gasteiger partial charge in [-0.2, -0.15) is 0 Å². The summed E-state index contributed by atoms with van der Waals surface area (Å²) in [5, 5.41) is 2.96. The molecular weight excluding hydrogens is 262 g/mol. The number of hydrogen-bond donors (Lipinski definition) is 1. The normalized spacial score (nSPS) is 11.1. The Labute approximate surface area is 129 Å². The minimum atomic E-state index is 0.0168. The minimum Gasteiger partial charge on any atom is -0.352 e. The van der Waals surface area contributed by atoms with Gasteiger partial charge in [0.1, 0.15) is 0 Å². The predicted octanol–water partition coefficient (Wildman–Crippen LogP) is 2.21. The number of hydrogen-bond acceptors (Lipinski definition) is 3. The van der Waals surface area contributed by atoms with Gasteiger partial charge in [-0.05, 0) is 57.8 Å². The summed E-state index contributed by atoms with van der Waals surface area (Å²) in [6.45, 7) is 9.08. The number of carbonyl (C=O) groups excluding carboxylic acids is 1. The quantitative estimate of drug-likeness (QED) is 0.709. The highest BCUT2D eigenvalue weighted by Gasteiger charge is 2.06. The van der Waals surface area contributed by atoms with Crippen LogP contribution < -0.4 is 5.32 Å². The molecule has 0 unspecified atom stereocenters. The van der Waals surface area contributed by atoms with Gasteiger partial charge in [-0.25, -0.2) is 0 Å².